The maximum atomic E-state index is 13.4. The topological polar surface area (TPSA) is 0 Å². The van der Waals surface area contributed by atoms with Crippen LogP contribution in [0.3, 0.4) is 0 Å². The normalized spacial score (nSPS) is 31.6. The summed E-state index contributed by atoms with van der Waals surface area (Å²) in [7, 11) is 0. The fourth-order valence-corrected chi connectivity index (χ4v) is 5.18. The van der Waals surface area contributed by atoms with E-state index < -0.39 is 26.8 Å². The second-order valence-electron chi connectivity index (χ2n) is 3.09. The molecule has 86 valence electrons. The first kappa shape index (κ1) is 11.9. The molecular weight excluding hydrogens is 279 g/mol. The largest absolute Gasteiger partial charge is 0.364 e. The lowest BCUT2D eigenvalue weighted by Gasteiger charge is -2.31. The molecule has 0 bridgehead atoms. The van der Waals surface area contributed by atoms with Crippen LogP contribution in [0.1, 0.15) is 0 Å². The van der Waals surface area contributed by atoms with E-state index in [0.717, 1.165) is 0 Å². The minimum Gasteiger partial charge on any atom is -0.203 e. The molecule has 8 heteroatoms. The van der Waals surface area contributed by atoms with Gasteiger partial charge in [-0.2, -0.15) is 17.6 Å². The lowest BCUT2D eigenvalue weighted by Crippen LogP contribution is -2.49. The Kier molecular flexibility index (Phi) is 2.53. The first-order chi connectivity index (χ1) is 6.77. The number of alkyl halides is 4. The standard InChI is InChI=1S/C7H4ClF5S2/c8-3-4(9)5(10,11)7(12,13)6(3)14-1-2-15-6/h1-2H2. The molecule has 0 saturated carbocycles. The van der Waals surface area contributed by atoms with Crippen LogP contribution in [0.2, 0.25) is 0 Å². The van der Waals surface area contributed by atoms with Gasteiger partial charge in [-0.25, -0.2) is 4.39 Å². The molecule has 0 N–H and O–H groups in total. The van der Waals surface area contributed by atoms with Gasteiger partial charge >= 0.3 is 11.8 Å². The van der Waals surface area contributed by atoms with E-state index in [9.17, 15) is 22.0 Å². The average Bonchev–Trinajstić information content (AvgIpc) is 2.67. The molecule has 1 saturated heterocycles. The zero-order valence-electron chi connectivity index (χ0n) is 7.00. The molecule has 1 aliphatic carbocycles. The number of allylic oxidation sites excluding steroid dienone is 1. The summed E-state index contributed by atoms with van der Waals surface area (Å²) in [5, 5.41) is -1.05. The quantitative estimate of drug-likeness (QED) is 0.619. The van der Waals surface area contributed by atoms with Gasteiger partial charge in [0.25, 0.3) is 0 Å². The van der Waals surface area contributed by atoms with E-state index in [1.165, 1.54) is 0 Å². The van der Waals surface area contributed by atoms with E-state index in [2.05, 4.69) is 0 Å². The lowest BCUT2D eigenvalue weighted by molar-refractivity contribution is -0.181. The Morgan fingerprint density at radius 3 is 1.87 bits per heavy atom. The second-order valence-corrected chi connectivity index (χ2v) is 6.35. The Bertz CT molecular complexity index is 334. The SMILES string of the molecule is FC1=C(Cl)C2(SCCS2)C(F)(F)C1(F)F. The Labute approximate surface area is 95.6 Å². The van der Waals surface area contributed by atoms with Gasteiger partial charge < -0.3 is 0 Å². The van der Waals surface area contributed by atoms with Crippen molar-refractivity contribution >= 4 is 35.1 Å². The fraction of sp³-hybridized carbons (Fsp3) is 0.714. The molecule has 0 atom stereocenters. The molecule has 2 aliphatic rings. The molecular formula is C7H4ClF5S2. The molecule has 0 amide bonds. The van der Waals surface area contributed by atoms with Gasteiger partial charge in [0.2, 0.25) is 0 Å². The van der Waals surface area contributed by atoms with Crippen molar-refractivity contribution in [3.05, 3.63) is 10.9 Å². The second kappa shape index (κ2) is 3.20. The number of thioether (sulfide) groups is 2. The van der Waals surface area contributed by atoms with Gasteiger partial charge in [0.05, 0.1) is 5.03 Å². The predicted molar refractivity (Wildman–Crippen MR) is 51.5 cm³/mol. The Morgan fingerprint density at radius 1 is 1.07 bits per heavy atom. The third-order valence-electron chi connectivity index (χ3n) is 2.26. The molecule has 1 fully saturated rings. The number of rotatable bonds is 0. The minimum absolute atomic E-state index is 0.250. The summed E-state index contributed by atoms with van der Waals surface area (Å²) in [6.07, 6.45) is 0. The van der Waals surface area contributed by atoms with Crippen LogP contribution in [-0.2, 0) is 0 Å². The van der Waals surface area contributed by atoms with Gasteiger partial charge in [0.15, 0.2) is 9.91 Å². The Morgan fingerprint density at radius 2 is 1.53 bits per heavy atom. The van der Waals surface area contributed by atoms with Crippen LogP contribution in [0.4, 0.5) is 22.0 Å². The summed E-state index contributed by atoms with van der Waals surface area (Å²) in [6, 6.07) is 0. The van der Waals surface area contributed by atoms with Gasteiger partial charge in [-0.15, -0.1) is 23.5 Å². The Balaban J connectivity index is 2.59. The lowest BCUT2D eigenvalue weighted by atomic mass is 10.2. The van der Waals surface area contributed by atoms with Crippen molar-refractivity contribution in [3.63, 3.8) is 0 Å². The fourth-order valence-electron chi connectivity index (χ4n) is 1.49. The zero-order chi connectivity index (χ0) is 11.5. The van der Waals surface area contributed by atoms with E-state index in [0.29, 0.717) is 23.5 Å². The monoisotopic (exact) mass is 282 g/mol. The predicted octanol–water partition coefficient (Wildman–Crippen LogP) is 3.87. The van der Waals surface area contributed by atoms with Crippen molar-refractivity contribution < 1.29 is 22.0 Å². The van der Waals surface area contributed by atoms with Crippen LogP contribution >= 0.6 is 35.1 Å². The number of hydrogen-bond donors (Lipinski definition) is 0. The van der Waals surface area contributed by atoms with Crippen LogP contribution in [0.15, 0.2) is 10.9 Å². The molecule has 0 nitrogen and oxygen atoms in total. The van der Waals surface area contributed by atoms with Crippen molar-refractivity contribution in [2.45, 2.75) is 15.9 Å². The van der Waals surface area contributed by atoms with Crippen molar-refractivity contribution in [3.8, 4) is 0 Å². The molecule has 0 aromatic rings. The third-order valence-corrected chi connectivity index (χ3v) is 6.45. The first-order valence-electron chi connectivity index (χ1n) is 3.87. The summed E-state index contributed by atoms with van der Waals surface area (Å²) >= 11 is 6.45. The first-order valence-corrected chi connectivity index (χ1v) is 6.22. The highest BCUT2D eigenvalue weighted by molar-refractivity contribution is 8.21. The van der Waals surface area contributed by atoms with Gasteiger partial charge in [-0.3, -0.25) is 0 Å². The molecule has 15 heavy (non-hydrogen) atoms. The number of hydrogen-bond acceptors (Lipinski definition) is 2. The van der Waals surface area contributed by atoms with E-state index in [1.807, 2.05) is 0 Å². The van der Waals surface area contributed by atoms with Gasteiger partial charge in [-0.05, 0) is 0 Å². The van der Waals surface area contributed by atoms with Gasteiger partial charge in [-0.1, -0.05) is 11.6 Å². The van der Waals surface area contributed by atoms with E-state index in [4.69, 9.17) is 11.6 Å². The van der Waals surface area contributed by atoms with E-state index >= 15 is 0 Å². The minimum atomic E-state index is -4.80. The highest BCUT2D eigenvalue weighted by atomic mass is 35.5. The zero-order valence-corrected chi connectivity index (χ0v) is 9.39. The smallest absolute Gasteiger partial charge is 0.203 e. The molecule has 1 aliphatic heterocycles. The summed E-state index contributed by atoms with van der Waals surface area (Å²) in [5.41, 5.74) is 0. The van der Waals surface area contributed by atoms with Crippen LogP contribution in [0, 0.1) is 0 Å². The van der Waals surface area contributed by atoms with Crippen molar-refractivity contribution in [1.82, 2.24) is 0 Å². The highest BCUT2D eigenvalue weighted by Gasteiger charge is 2.79. The van der Waals surface area contributed by atoms with E-state index in [-0.39, 0.29) is 11.5 Å². The summed E-state index contributed by atoms with van der Waals surface area (Å²) in [4.78, 5) is 0. The van der Waals surface area contributed by atoms with Gasteiger partial charge in [0.1, 0.15) is 0 Å². The van der Waals surface area contributed by atoms with Crippen molar-refractivity contribution in [1.29, 1.82) is 0 Å². The summed E-state index contributed by atoms with van der Waals surface area (Å²) < 4.78 is 63.4. The van der Waals surface area contributed by atoms with E-state index in [1.54, 1.807) is 0 Å². The summed E-state index contributed by atoms with van der Waals surface area (Å²) in [6.45, 7) is 0. The van der Waals surface area contributed by atoms with Gasteiger partial charge in [0, 0.05) is 11.5 Å². The Hall–Kier alpha value is 0.380. The number of halogens is 6. The maximum absolute atomic E-state index is 13.4. The summed E-state index contributed by atoms with van der Waals surface area (Å²) in [5.74, 6) is -11.0. The molecule has 2 rings (SSSR count). The molecule has 1 spiro atoms. The van der Waals surface area contributed by atoms with Crippen LogP contribution in [-0.4, -0.2) is 27.4 Å². The average molecular weight is 283 g/mol. The van der Waals surface area contributed by atoms with Crippen molar-refractivity contribution in [2.75, 3.05) is 11.5 Å². The molecule has 0 radical (unpaired) electrons. The van der Waals surface area contributed by atoms with Crippen LogP contribution in [0.25, 0.3) is 0 Å². The maximum Gasteiger partial charge on any atom is 0.364 e. The highest BCUT2D eigenvalue weighted by Crippen LogP contribution is 2.69. The third kappa shape index (κ3) is 1.17. The van der Waals surface area contributed by atoms with Crippen LogP contribution in [0.5, 0.6) is 0 Å². The molecule has 1 heterocycles. The van der Waals surface area contributed by atoms with Crippen molar-refractivity contribution in [2.24, 2.45) is 0 Å². The van der Waals surface area contributed by atoms with Crippen LogP contribution < -0.4 is 0 Å². The molecule has 0 aromatic heterocycles. The molecule has 0 unspecified atom stereocenters. The molecule has 0 aromatic carbocycles.